The average molecular weight is 378 g/mol. The van der Waals surface area contributed by atoms with Crippen molar-refractivity contribution in [1.29, 1.82) is 0 Å². The maximum atomic E-state index is 11.5. The van der Waals surface area contributed by atoms with E-state index >= 15 is 0 Å². The lowest BCUT2D eigenvalue weighted by atomic mass is 10.0. The van der Waals surface area contributed by atoms with Gasteiger partial charge in [0.25, 0.3) is 0 Å². The van der Waals surface area contributed by atoms with Gasteiger partial charge in [0.2, 0.25) is 16.9 Å². The summed E-state index contributed by atoms with van der Waals surface area (Å²) in [6.45, 7) is 0. The molecule has 10 heteroatoms. The van der Waals surface area contributed by atoms with Gasteiger partial charge in [-0.25, -0.2) is 9.48 Å². The van der Waals surface area contributed by atoms with Gasteiger partial charge in [-0.15, -0.1) is 5.10 Å². The smallest absolute Gasteiger partial charge is 0.352 e. The monoisotopic (exact) mass is 378 g/mol. The lowest BCUT2D eigenvalue weighted by Crippen LogP contribution is -2.24. The van der Waals surface area contributed by atoms with Crippen LogP contribution in [0.1, 0.15) is 11.6 Å². The second kappa shape index (κ2) is 7.16. The molecule has 1 aromatic carbocycles. The zero-order valence-electron chi connectivity index (χ0n) is 14.6. The summed E-state index contributed by atoms with van der Waals surface area (Å²) in [5, 5.41) is 17.2. The van der Waals surface area contributed by atoms with E-state index in [2.05, 4.69) is 15.4 Å². The largest absolute Gasteiger partial charge is 0.493 e. The number of ether oxygens (including phenoxy) is 3. The molecule has 9 nitrogen and oxygen atoms in total. The molecule has 2 aromatic rings. The highest BCUT2D eigenvalue weighted by Crippen LogP contribution is 2.41. The highest BCUT2D eigenvalue weighted by atomic mass is 32.2. The molecule has 0 saturated heterocycles. The molecular weight excluding hydrogens is 360 g/mol. The number of aromatic nitrogens is 3. The molecule has 1 aliphatic heterocycles. The van der Waals surface area contributed by atoms with Crippen molar-refractivity contribution in [3.05, 3.63) is 29.5 Å². The van der Waals surface area contributed by atoms with Crippen molar-refractivity contribution in [2.75, 3.05) is 32.9 Å². The van der Waals surface area contributed by atoms with Crippen molar-refractivity contribution < 1.29 is 24.1 Å². The zero-order valence-corrected chi connectivity index (χ0v) is 15.5. The van der Waals surface area contributed by atoms with E-state index in [4.69, 9.17) is 14.2 Å². The Morgan fingerprint density at radius 2 is 1.88 bits per heavy atom. The number of carboxylic acid groups (broad SMARTS) is 1. The minimum Gasteiger partial charge on any atom is -0.493 e. The molecule has 0 fully saturated rings. The first-order valence-electron chi connectivity index (χ1n) is 7.55. The van der Waals surface area contributed by atoms with E-state index < -0.39 is 12.0 Å². The fourth-order valence-corrected chi connectivity index (χ4v) is 3.04. The number of thioether (sulfide) groups is 1. The molecule has 0 aliphatic carbocycles. The fraction of sp³-hybridized carbons (Fsp3) is 0.312. The number of fused-ring (bicyclic) bond motifs is 1. The van der Waals surface area contributed by atoms with Crippen LogP contribution < -0.4 is 19.5 Å². The van der Waals surface area contributed by atoms with Gasteiger partial charge in [0, 0.05) is 0 Å². The second-order valence-corrected chi connectivity index (χ2v) is 6.05. The predicted octanol–water partition coefficient (Wildman–Crippen LogP) is 2.01. The van der Waals surface area contributed by atoms with E-state index in [1.807, 2.05) is 6.26 Å². The van der Waals surface area contributed by atoms with Crippen molar-refractivity contribution in [3.63, 3.8) is 0 Å². The van der Waals surface area contributed by atoms with Crippen LogP contribution in [0.25, 0.3) is 0 Å². The summed E-state index contributed by atoms with van der Waals surface area (Å²) >= 11 is 1.37. The van der Waals surface area contributed by atoms with Crippen LogP contribution in [-0.2, 0) is 4.79 Å². The molecule has 1 unspecified atom stereocenters. The average Bonchev–Trinajstić information content (AvgIpc) is 3.09. The van der Waals surface area contributed by atoms with Crippen LogP contribution in [0.4, 0.5) is 5.95 Å². The molecular formula is C16H18N4O5S. The quantitative estimate of drug-likeness (QED) is 0.730. The lowest BCUT2D eigenvalue weighted by molar-refractivity contribution is -0.132. The number of nitrogens with zero attached hydrogens (tertiary/aromatic N) is 3. The van der Waals surface area contributed by atoms with Crippen LogP contribution in [-0.4, -0.2) is 53.4 Å². The number of allylic oxidation sites excluding steroid dienone is 1. The molecule has 26 heavy (non-hydrogen) atoms. The molecule has 0 spiro atoms. The number of rotatable bonds is 6. The zero-order chi connectivity index (χ0) is 18.8. The molecule has 1 atom stereocenters. The summed E-state index contributed by atoms with van der Waals surface area (Å²) in [7, 11) is 4.57. The summed E-state index contributed by atoms with van der Waals surface area (Å²) < 4.78 is 17.7. The number of benzene rings is 1. The number of methoxy groups -OCH3 is 3. The Bertz CT molecular complexity index is 855. The summed E-state index contributed by atoms with van der Waals surface area (Å²) in [5.41, 5.74) is 0.745. The van der Waals surface area contributed by atoms with Crippen LogP contribution in [0.15, 0.2) is 29.1 Å². The number of hydrogen-bond donors (Lipinski definition) is 2. The first-order chi connectivity index (χ1) is 12.5. The number of aliphatic carboxylic acids is 1. The van der Waals surface area contributed by atoms with Gasteiger partial charge in [0.15, 0.2) is 11.5 Å². The van der Waals surface area contributed by atoms with Crippen molar-refractivity contribution in [1.82, 2.24) is 14.8 Å². The summed E-state index contributed by atoms with van der Waals surface area (Å²) in [6, 6.07) is 3.02. The molecule has 3 rings (SSSR count). The van der Waals surface area contributed by atoms with Gasteiger partial charge in [0.05, 0.1) is 21.3 Å². The highest BCUT2D eigenvalue weighted by molar-refractivity contribution is 7.98. The molecule has 0 bridgehead atoms. The maximum absolute atomic E-state index is 11.5. The van der Waals surface area contributed by atoms with Gasteiger partial charge in [-0.3, -0.25) is 0 Å². The Balaban J connectivity index is 2.18. The van der Waals surface area contributed by atoms with Gasteiger partial charge in [-0.05, 0) is 30.0 Å². The summed E-state index contributed by atoms with van der Waals surface area (Å²) in [4.78, 5) is 15.8. The molecule has 1 aliphatic rings. The van der Waals surface area contributed by atoms with Crippen molar-refractivity contribution in [3.8, 4) is 17.2 Å². The third kappa shape index (κ3) is 3.03. The van der Waals surface area contributed by atoms with E-state index in [1.54, 1.807) is 22.9 Å². The minimum absolute atomic E-state index is 0.0244. The van der Waals surface area contributed by atoms with Crippen LogP contribution in [0, 0.1) is 0 Å². The van der Waals surface area contributed by atoms with Gasteiger partial charge >= 0.3 is 5.97 Å². The molecule has 0 saturated carbocycles. The summed E-state index contributed by atoms with van der Waals surface area (Å²) in [5.74, 6) is 0.670. The van der Waals surface area contributed by atoms with E-state index in [0.717, 1.165) is 5.56 Å². The minimum atomic E-state index is -1.08. The molecule has 2 N–H and O–H groups in total. The second-order valence-electron chi connectivity index (χ2n) is 5.28. The predicted molar refractivity (Wildman–Crippen MR) is 95.4 cm³/mol. The Morgan fingerprint density at radius 3 is 2.38 bits per heavy atom. The number of anilines is 1. The normalized spacial score (nSPS) is 15.5. The van der Waals surface area contributed by atoms with E-state index in [-0.39, 0.29) is 5.70 Å². The fourth-order valence-electron chi connectivity index (χ4n) is 2.69. The van der Waals surface area contributed by atoms with Crippen molar-refractivity contribution in [2.24, 2.45) is 0 Å². The van der Waals surface area contributed by atoms with Gasteiger partial charge < -0.3 is 24.6 Å². The topological polar surface area (TPSA) is 108 Å². The summed E-state index contributed by atoms with van der Waals surface area (Å²) in [6.07, 6.45) is 3.41. The Morgan fingerprint density at radius 1 is 1.23 bits per heavy atom. The van der Waals surface area contributed by atoms with Gasteiger partial charge in [-0.1, -0.05) is 11.8 Å². The standard InChI is InChI=1S/C16H18N4O5S/c1-23-11-5-8(6-12(24-2)13(11)25-3)10-7-9(14(21)22)17-15-18-16(26-4)19-20(10)15/h5-7,10H,1-4H3,(H,21,22)(H,17,18,19). The number of nitrogens with one attached hydrogen (secondary N) is 1. The third-order valence-corrected chi connectivity index (χ3v) is 4.43. The van der Waals surface area contributed by atoms with Crippen LogP contribution in [0.5, 0.6) is 17.2 Å². The number of carboxylic acids is 1. The Kier molecular flexibility index (Phi) is 4.94. The van der Waals surface area contributed by atoms with Crippen LogP contribution in [0.3, 0.4) is 0 Å². The lowest BCUT2D eigenvalue weighted by Gasteiger charge is -2.23. The SMILES string of the molecule is COc1cc(C2C=C(C(=O)O)Nc3nc(SC)nn32)cc(OC)c1OC. The maximum Gasteiger partial charge on any atom is 0.352 e. The first-order valence-corrected chi connectivity index (χ1v) is 8.77. The van der Waals surface area contributed by atoms with Crippen molar-refractivity contribution in [2.45, 2.75) is 11.2 Å². The van der Waals surface area contributed by atoms with Crippen molar-refractivity contribution >= 4 is 23.7 Å². The number of carbonyl (C=O) groups is 1. The molecule has 0 radical (unpaired) electrons. The van der Waals surface area contributed by atoms with Gasteiger partial charge in [0.1, 0.15) is 11.7 Å². The highest BCUT2D eigenvalue weighted by Gasteiger charge is 2.28. The molecule has 1 aromatic heterocycles. The van der Waals surface area contributed by atoms with Crippen LogP contribution >= 0.6 is 11.8 Å². The molecule has 0 amide bonds. The number of hydrogen-bond acceptors (Lipinski definition) is 8. The molecule has 2 heterocycles. The van der Waals surface area contributed by atoms with Gasteiger partial charge in [-0.2, -0.15) is 4.98 Å². The van der Waals surface area contributed by atoms with E-state index in [1.165, 1.54) is 33.1 Å². The third-order valence-electron chi connectivity index (χ3n) is 3.89. The Labute approximate surface area is 154 Å². The first kappa shape index (κ1) is 17.9. The molecule has 138 valence electrons. The van der Waals surface area contributed by atoms with E-state index in [9.17, 15) is 9.90 Å². The van der Waals surface area contributed by atoms with E-state index in [0.29, 0.717) is 28.4 Å². The Hall–Kier alpha value is -2.88. The van der Waals surface area contributed by atoms with Crippen LogP contribution in [0.2, 0.25) is 0 Å².